The molecule has 3 aromatic rings. The summed E-state index contributed by atoms with van der Waals surface area (Å²) in [6, 6.07) is 7.29. The normalized spacial score (nSPS) is 10.5. The van der Waals surface area contributed by atoms with E-state index < -0.39 is 0 Å². The van der Waals surface area contributed by atoms with E-state index in [2.05, 4.69) is 26.0 Å². The Kier molecular flexibility index (Phi) is 3.33. The van der Waals surface area contributed by atoms with Gasteiger partial charge in [0, 0.05) is 0 Å². The molecule has 0 aliphatic heterocycles. The van der Waals surface area contributed by atoms with Gasteiger partial charge in [-0.1, -0.05) is 0 Å². The molecule has 1 aromatic carbocycles. The number of nitrogen functional groups attached to an aromatic ring is 1. The van der Waals surface area contributed by atoms with E-state index in [0.717, 1.165) is 4.90 Å². The number of aromatic amines is 1. The molecular weight excluding hydrogens is 288 g/mol. The van der Waals surface area contributed by atoms with Crippen molar-refractivity contribution in [2.45, 2.75) is 10.1 Å². The van der Waals surface area contributed by atoms with Crippen LogP contribution < -0.4 is 10.5 Å². The number of rotatable bonds is 3. The lowest BCUT2D eigenvalue weighted by Crippen LogP contribution is -1.91. The van der Waals surface area contributed by atoms with E-state index in [9.17, 15) is 0 Å². The molecule has 0 bridgehead atoms. The van der Waals surface area contributed by atoms with Crippen LogP contribution in [0.25, 0.3) is 11.2 Å². The average Bonchev–Trinajstić information content (AvgIpc) is 2.91. The first kappa shape index (κ1) is 13.2. The zero-order chi connectivity index (χ0) is 14.8. The van der Waals surface area contributed by atoms with Crippen LogP contribution >= 0.6 is 11.8 Å². The van der Waals surface area contributed by atoms with E-state index in [1.165, 1.54) is 18.1 Å². The summed E-state index contributed by atoms with van der Waals surface area (Å²) in [4.78, 5) is 16.2. The second-order valence-electron chi connectivity index (χ2n) is 4.08. The highest BCUT2D eigenvalue weighted by Crippen LogP contribution is 2.35. The number of benzene rings is 1. The van der Waals surface area contributed by atoms with Crippen molar-refractivity contribution in [3.05, 3.63) is 30.1 Å². The Labute approximate surface area is 124 Å². The first-order valence-electron chi connectivity index (χ1n) is 5.93. The van der Waals surface area contributed by atoms with Crippen LogP contribution in [0.3, 0.4) is 0 Å². The molecule has 8 heteroatoms. The summed E-state index contributed by atoms with van der Waals surface area (Å²) in [6.45, 7) is 0. The summed E-state index contributed by atoms with van der Waals surface area (Å²) < 4.78 is 5.29. The molecule has 3 rings (SSSR count). The average molecular weight is 298 g/mol. The summed E-state index contributed by atoms with van der Waals surface area (Å²) in [5.74, 6) is 0.986. The molecule has 0 amide bonds. The summed E-state index contributed by atoms with van der Waals surface area (Å²) in [7, 11) is 1.58. The number of fused-ring (bicyclic) bond motifs is 1. The van der Waals surface area contributed by atoms with Crippen LogP contribution in [-0.2, 0) is 0 Å². The maximum atomic E-state index is 8.98. The van der Waals surface area contributed by atoms with E-state index in [0.29, 0.717) is 33.5 Å². The van der Waals surface area contributed by atoms with Crippen LogP contribution in [0.2, 0.25) is 0 Å². The minimum Gasteiger partial charge on any atom is -0.496 e. The number of nitrogens with one attached hydrogen (secondary N) is 1. The third kappa shape index (κ3) is 2.46. The van der Waals surface area contributed by atoms with Gasteiger partial charge in [-0.3, -0.25) is 0 Å². The predicted molar refractivity (Wildman–Crippen MR) is 77.9 cm³/mol. The van der Waals surface area contributed by atoms with Crippen LogP contribution in [0.1, 0.15) is 5.56 Å². The van der Waals surface area contributed by atoms with E-state index in [1.54, 1.807) is 25.3 Å². The van der Waals surface area contributed by atoms with E-state index in [1.807, 2.05) is 0 Å². The van der Waals surface area contributed by atoms with Gasteiger partial charge in [0.1, 0.15) is 12.1 Å². The zero-order valence-electron chi connectivity index (χ0n) is 11.0. The monoisotopic (exact) mass is 298 g/mol. The molecule has 0 aliphatic carbocycles. The number of imidazole rings is 1. The molecule has 7 nitrogen and oxygen atoms in total. The summed E-state index contributed by atoms with van der Waals surface area (Å²) in [5, 5.41) is 9.59. The Morgan fingerprint density at radius 1 is 1.38 bits per heavy atom. The molecule has 104 valence electrons. The quantitative estimate of drug-likeness (QED) is 0.759. The lowest BCUT2D eigenvalue weighted by atomic mass is 10.2. The Bertz CT molecular complexity index is 853. The predicted octanol–water partition coefficient (Wildman–Crippen LogP) is 1.97. The Hall–Kier alpha value is -2.79. The number of nitriles is 1. The molecule has 2 aromatic heterocycles. The molecule has 0 aliphatic rings. The van der Waals surface area contributed by atoms with Gasteiger partial charge in [0.05, 0.1) is 23.6 Å². The highest BCUT2D eigenvalue weighted by atomic mass is 32.2. The van der Waals surface area contributed by atoms with Crippen molar-refractivity contribution in [3.8, 4) is 11.8 Å². The number of hydrogen-bond donors (Lipinski definition) is 2. The van der Waals surface area contributed by atoms with Crippen molar-refractivity contribution < 1.29 is 4.74 Å². The molecule has 0 saturated carbocycles. The van der Waals surface area contributed by atoms with E-state index in [-0.39, 0.29) is 0 Å². The Balaban J connectivity index is 2.02. The molecule has 3 N–H and O–H groups in total. The second kappa shape index (κ2) is 5.30. The number of aromatic nitrogens is 4. The van der Waals surface area contributed by atoms with Crippen molar-refractivity contribution in [1.29, 1.82) is 5.26 Å². The van der Waals surface area contributed by atoms with Gasteiger partial charge in [0.2, 0.25) is 0 Å². The van der Waals surface area contributed by atoms with Crippen LogP contribution in [0.15, 0.2) is 34.6 Å². The van der Waals surface area contributed by atoms with Gasteiger partial charge in [-0.2, -0.15) is 5.26 Å². The van der Waals surface area contributed by atoms with Gasteiger partial charge in [0.15, 0.2) is 22.1 Å². The first-order chi connectivity index (χ1) is 10.2. The number of nitrogens with zero attached hydrogens (tertiary/aromatic N) is 4. The number of anilines is 1. The molecular formula is C13H10N6OS. The van der Waals surface area contributed by atoms with Crippen LogP contribution in [-0.4, -0.2) is 27.0 Å². The molecule has 0 fully saturated rings. The molecule has 0 spiro atoms. The lowest BCUT2D eigenvalue weighted by molar-refractivity contribution is 0.404. The van der Waals surface area contributed by atoms with E-state index in [4.69, 9.17) is 15.7 Å². The molecule has 0 atom stereocenters. The Morgan fingerprint density at radius 3 is 2.95 bits per heavy atom. The van der Waals surface area contributed by atoms with Gasteiger partial charge in [-0.25, -0.2) is 15.0 Å². The maximum Gasteiger partial charge on any atom is 0.172 e. The molecule has 0 radical (unpaired) electrons. The largest absolute Gasteiger partial charge is 0.496 e. The second-order valence-corrected chi connectivity index (χ2v) is 5.11. The number of hydrogen-bond acceptors (Lipinski definition) is 7. The SMILES string of the molecule is COc1ccc(C#N)cc1Sc1nc2c(N)ncnc2[nH]1. The summed E-state index contributed by atoms with van der Waals surface area (Å²) in [5.41, 5.74) is 7.40. The third-order valence-corrected chi connectivity index (χ3v) is 3.71. The van der Waals surface area contributed by atoms with Gasteiger partial charge >= 0.3 is 0 Å². The van der Waals surface area contributed by atoms with Crippen molar-refractivity contribution in [2.24, 2.45) is 0 Å². The van der Waals surface area contributed by atoms with Crippen LogP contribution in [0, 0.1) is 11.3 Å². The van der Waals surface area contributed by atoms with Gasteiger partial charge < -0.3 is 15.5 Å². The van der Waals surface area contributed by atoms with Crippen LogP contribution in [0.4, 0.5) is 5.82 Å². The molecule has 2 heterocycles. The third-order valence-electron chi connectivity index (χ3n) is 2.79. The fraction of sp³-hybridized carbons (Fsp3) is 0.0769. The number of nitrogens with two attached hydrogens (primary N) is 1. The van der Waals surface area contributed by atoms with Crippen molar-refractivity contribution >= 4 is 28.7 Å². The van der Waals surface area contributed by atoms with Crippen molar-refractivity contribution in [2.75, 3.05) is 12.8 Å². The Morgan fingerprint density at radius 2 is 2.24 bits per heavy atom. The fourth-order valence-electron chi connectivity index (χ4n) is 1.80. The highest BCUT2D eigenvalue weighted by Gasteiger charge is 2.12. The fourth-order valence-corrected chi connectivity index (χ4v) is 2.73. The number of ether oxygens (including phenoxy) is 1. The molecule has 0 unspecified atom stereocenters. The number of H-pyrrole nitrogens is 1. The van der Waals surface area contributed by atoms with Crippen molar-refractivity contribution in [3.63, 3.8) is 0 Å². The molecule has 21 heavy (non-hydrogen) atoms. The minimum atomic E-state index is 0.320. The van der Waals surface area contributed by atoms with Gasteiger partial charge in [-0.15, -0.1) is 0 Å². The standard InChI is InChI=1S/C13H10N6OS/c1-20-8-3-2-7(5-14)4-9(8)21-13-18-10-11(15)16-6-17-12(10)19-13/h2-4,6H,1H3,(H3,15,16,17,18,19). The first-order valence-corrected chi connectivity index (χ1v) is 6.75. The minimum absolute atomic E-state index is 0.320. The lowest BCUT2D eigenvalue weighted by Gasteiger charge is -2.06. The smallest absolute Gasteiger partial charge is 0.172 e. The van der Waals surface area contributed by atoms with Crippen molar-refractivity contribution in [1.82, 2.24) is 19.9 Å². The maximum absolute atomic E-state index is 8.98. The zero-order valence-corrected chi connectivity index (χ0v) is 11.8. The van der Waals surface area contributed by atoms with Gasteiger partial charge in [0.25, 0.3) is 0 Å². The summed E-state index contributed by atoms with van der Waals surface area (Å²) >= 11 is 1.34. The highest BCUT2D eigenvalue weighted by molar-refractivity contribution is 7.99. The topological polar surface area (TPSA) is 114 Å². The number of methoxy groups -OCH3 is 1. The van der Waals surface area contributed by atoms with Gasteiger partial charge in [-0.05, 0) is 30.0 Å². The summed E-state index contributed by atoms with van der Waals surface area (Å²) in [6.07, 6.45) is 1.38. The van der Waals surface area contributed by atoms with E-state index >= 15 is 0 Å². The molecule has 0 saturated heterocycles. The van der Waals surface area contributed by atoms with Crippen LogP contribution in [0.5, 0.6) is 5.75 Å².